The van der Waals surface area contributed by atoms with Crippen LogP contribution in [0.15, 0.2) is 73.1 Å². The lowest BCUT2D eigenvalue weighted by molar-refractivity contribution is -0.143. The fraction of sp³-hybridized carbons (Fsp3) is 0.143. The van der Waals surface area contributed by atoms with Crippen LogP contribution in [0.1, 0.15) is 38.3 Å². The lowest BCUT2D eigenvalue weighted by Gasteiger charge is -2.15. The summed E-state index contributed by atoms with van der Waals surface area (Å²) in [4.78, 5) is 17.6. The van der Waals surface area contributed by atoms with Crippen molar-refractivity contribution < 1.29 is 31.1 Å². The lowest BCUT2D eigenvalue weighted by Crippen LogP contribution is -2.13. The van der Waals surface area contributed by atoms with Crippen LogP contribution in [-0.2, 0) is 18.9 Å². The monoisotopic (exact) mass is 602 g/mol. The van der Waals surface area contributed by atoms with E-state index < -0.39 is 35.8 Å². The molecule has 5 rings (SSSR count). The molecule has 0 atom stereocenters. The van der Waals surface area contributed by atoms with E-state index in [4.69, 9.17) is 11.6 Å². The summed E-state index contributed by atoms with van der Waals surface area (Å²) in [6.07, 6.45) is -7.19. The summed E-state index contributed by atoms with van der Waals surface area (Å²) in [6, 6.07) is 12.2. The van der Waals surface area contributed by atoms with Crippen molar-refractivity contribution in [3.8, 4) is 22.6 Å². The number of halogens is 7. The second-order valence-electron chi connectivity index (χ2n) is 9.15. The minimum atomic E-state index is -5.02. The second-order valence-corrected chi connectivity index (χ2v) is 9.56. The van der Waals surface area contributed by atoms with Gasteiger partial charge < -0.3 is 0 Å². The molecule has 0 fully saturated rings. The average molecular weight is 603 g/mol. The molecule has 0 radical (unpaired) electrons. The number of carbonyl (C=O) groups excluding carboxylic acids is 1. The van der Waals surface area contributed by atoms with Crippen LogP contribution in [0.25, 0.3) is 22.6 Å². The van der Waals surface area contributed by atoms with Gasteiger partial charge in [-0.3, -0.25) is 9.78 Å². The third-order valence-corrected chi connectivity index (χ3v) is 6.50. The predicted octanol–water partition coefficient (Wildman–Crippen LogP) is 7.08. The van der Waals surface area contributed by atoms with Gasteiger partial charge in [-0.2, -0.15) is 31.4 Å². The van der Waals surface area contributed by atoms with Crippen LogP contribution in [0.2, 0.25) is 5.02 Å². The van der Waals surface area contributed by atoms with Crippen LogP contribution in [0.4, 0.5) is 26.3 Å². The SMILES string of the molecule is Cc1cc(C(=O)c2ccccc2Cl)c(-c2nnn(Cc3cc(C(F)(F)F)cc(C(F)(F)F)c3)c2-c2ccncc2)nn1. The molecule has 0 bridgehead atoms. The van der Waals surface area contributed by atoms with Gasteiger partial charge in [0.1, 0.15) is 11.4 Å². The molecule has 2 aromatic carbocycles. The summed E-state index contributed by atoms with van der Waals surface area (Å²) in [5.74, 6) is -0.503. The molecular formula is C28H17ClF6N6O. The lowest BCUT2D eigenvalue weighted by atomic mass is 9.98. The zero-order valence-electron chi connectivity index (χ0n) is 21.4. The molecule has 0 aliphatic rings. The summed E-state index contributed by atoms with van der Waals surface area (Å²) in [5, 5.41) is 16.6. The van der Waals surface area contributed by atoms with Gasteiger partial charge in [-0.1, -0.05) is 28.9 Å². The maximum Gasteiger partial charge on any atom is 0.416 e. The number of pyridine rings is 1. The Labute approximate surface area is 238 Å². The fourth-order valence-corrected chi connectivity index (χ4v) is 4.51. The molecule has 7 nitrogen and oxygen atoms in total. The van der Waals surface area contributed by atoms with Crippen molar-refractivity contribution in [3.05, 3.63) is 112 Å². The molecule has 14 heteroatoms. The first kappa shape index (κ1) is 28.9. The van der Waals surface area contributed by atoms with Gasteiger partial charge in [0, 0.05) is 23.5 Å². The number of aromatic nitrogens is 6. The number of rotatable bonds is 6. The maximum atomic E-state index is 13.6. The molecule has 42 heavy (non-hydrogen) atoms. The highest BCUT2D eigenvalue weighted by Gasteiger charge is 2.37. The van der Waals surface area contributed by atoms with Crippen LogP contribution in [-0.4, -0.2) is 36.0 Å². The number of aryl methyl sites for hydroxylation is 1. The highest BCUT2D eigenvalue weighted by molar-refractivity contribution is 6.35. The number of carbonyl (C=O) groups is 1. The number of alkyl halides is 6. The van der Waals surface area contributed by atoms with Crippen molar-refractivity contribution in [2.45, 2.75) is 25.8 Å². The second kappa shape index (κ2) is 11.0. The van der Waals surface area contributed by atoms with Crippen molar-refractivity contribution in [2.75, 3.05) is 0 Å². The summed E-state index contributed by atoms with van der Waals surface area (Å²) in [5.41, 5.74) is -2.03. The van der Waals surface area contributed by atoms with Crippen LogP contribution in [0.5, 0.6) is 0 Å². The third kappa shape index (κ3) is 5.86. The van der Waals surface area contributed by atoms with Crippen molar-refractivity contribution in [1.82, 2.24) is 30.2 Å². The Bertz CT molecular complexity index is 1750. The molecule has 0 aliphatic carbocycles. The molecule has 0 amide bonds. The standard InChI is InChI=1S/C28H17ClF6N6O/c1-15-10-21(26(42)20-4-2-3-5-22(20)29)23(38-37-15)24-25(17-6-8-36-9-7-17)41(40-39-24)14-16-11-18(27(30,31)32)13-19(12-16)28(33,34)35/h2-13H,14H2,1H3. The third-order valence-electron chi connectivity index (χ3n) is 6.17. The molecule has 5 aromatic rings. The Morgan fingerprint density at radius 2 is 1.45 bits per heavy atom. The van der Waals surface area contributed by atoms with Crippen LogP contribution >= 0.6 is 11.6 Å². The zero-order valence-corrected chi connectivity index (χ0v) is 22.1. The Kier molecular flexibility index (Phi) is 7.54. The van der Waals surface area contributed by atoms with Gasteiger partial charge in [-0.15, -0.1) is 10.2 Å². The minimum absolute atomic E-state index is 0.0106. The summed E-state index contributed by atoms with van der Waals surface area (Å²) in [7, 11) is 0. The molecule has 3 aromatic heterocycles. The molecular weight excluding hydrogens is 586 g/mol. The first-order chi connectivity index (χ1) is 19.8. The molecule has 3 heterocycles. The number of benzene rings is 2. The van der Waals surface area contributed by atoms with Gasteiger partial charge >= 0.3 is 12.4 Å². The fourth-order valence-electron chi connectivity index (χ4n) is 4.29. The summed E-state index contributed by atoms with van der Waals surface area (Å²) < 4.78 is 82.1. The van der Waals surface area contributed by atoms with Gasteiger partial charge in [0.05, 0.1) is 39.6 Å². The van der Waals surface area contributed by atoms with Crippen molar-refractivity contribution in [3.63, 3.8) is 0 Å². The Morgan fingerprint density at radius 3 is 2.07 bits per heavy atom. The van der Waals surface area contributed by atoms with Crippen LogP contribution < -0.4 is 0 Å². The van der Waals surface area contributed by atoms with E-state index in [0.717, 1.165) is 4.68 Å². The van der Waals surface area contributed by atoms with Gasteiger partial charge in [-0.05, 0) is 61.0 Å². The number of nitrogens with zero attached hydrogens (tertiary/aromatic N) is 6. The van der Waals surface area contributed by atoms with Crippen molar-refractivity contribution in [1.29, 1.82) is 0 Å². The molecule has 0 aliphatic heterocycles. The number of ketones is 1. The predicted molar refractivity (Wildman–Crippen MR) is 139 cm³/mol. The highest BCUT2D eigenvalue weighted by Crippen LogP contribution is 2.38. The summed E-state index contributed by atoms with van der Waals surface area (Å²) >= 11 is 6.26. The molecule has 0 saturated heterocycles. The van der Waals surface area contributed by atoms with Crippen molar-refractivity contribution in [2.24, 2.45) is 0 Å². The van der Waals surface area contributed by atoms with E-state index in [-0.39, 0.29) is 44.9 Å². The van der Waals surface area contributed by atoms with Gasteiger partial charge in [0.2, 0.25) is 0 Å². The quantitative estimate of drug-likeness (QED) is 0.153. The van der Waals surface area contributed by atoms with E-state index in [2.05, 4.69) is 25.5 Å². The van der Waals surface area contributed by atoms with Crippen molar-refractivity contribution >= 4 is 17.4 Å². The zero-order chi connectivity index (χ0) is 30.2. The number of hydrogen-bond acceptors (Lipinski definition) is 6. The van der Waals surface area contributed by atoms with Gasteiger partial charge in [0.15, 0.2) is 5.78 Å². The smallest absolute Gasteiger partial charge is 0.288 e. The van der Waals surface area contributed by atoms with E-state index >= 15 is 0 Å². The van der Waals surface area contributed by atoms with Crippen LogP contribution in [0.3, 0.4) is 0 Å². The highest BCUT2D eigenvalue weighted by atomic mass is 35.5. The Balaban J connectivity index is 1.69. The normalized spacial score (nSPS) is 12.0. The van der Waals surface area contributed by atoms with Gasteiger partial charge in [0.25, 0.3) is 0 Å². The minimum Gasteiger partial charge on any atom is -0.288 e. The van der Waals surface area contributed by atoms with E-state index in [9.17, 15) is 31.1 Å². The first-order valence-electron chi connectivity index (χ1n) is 12.1. The Hall–Kier alpha value is -4.65. The molecule has 214 valence electrons. The largest absolute Gasteiger partial charge is 0.416 e. The molecule has 0 unspecified atom stereocenters. The van der Waals surface area contributed by atoms with E-state index in [1.54, 1.807) is 37.3 Å². The van der Waals surface area contributed by atoms with Crippen LogP contribution in [0, 0.1) is 6.92 Å². The topological polar surface area (TPSA) is 86.5 Å². The molecule has 0 N–H and O–H groups in total. The number of hydrogen-bond donors (Lipinski definition) is 0. The molecule has 0 saturated carbocycles. The average Bonchev–Trinajstić information content (AvgIpc) is 3.35. The van der Waals surface area contributed by atoms with E-state index in [0.29, 0.717) is 23.4 Å². The maximum absolute atomic E-state index is 13.6. The summed E-state index contributed by atoms with van der Waals surface area (Å²) in [6.45, 7) is 1.09. The van der Waals surface area contributed by atoms with Gasteiger partial charge in [-0.25, -0.2) is 4.68 Å². The molecule has 0 spiro atoms. The van der Waals surface area contributed by atoms with E-state index in [1.807, 2.05) is 0 Å². The Morgan fingerprint density at radius 1 is 0.810 bits per heavy atom. The van der Waals surface area contributed by atoms with E-state index in [1.165, 1.54) is 24.5 Å². The first-order valence-corrected chi connectivity index (χ1v) is 12.5.